The third-order valence-corrected chi connectivity index (χ3v) is 6.18. The van der Waals surface area contributed by atoms with Gasteiger partial charge in [-0.2, -0.15) is 5.26 Å². The van der Waals surface area contributed by atoms with Crippen molar-refractivity contribution in [3.05, 3.63) is 39.5 Å². The zero-order valence-corrected chi connectivity index (χ0v) is 18.2. The molecule has 2 aromatic rings. The molecule has 0 atom stereocenters. The van der Waals surface area contributed by atoms with Gasteiger partial charge in [-0.25, -0.2) is 0 Å². The van der Waals surface area contributed by atoms with Crippen LogP contribution < -0.4 is 14.8 Å². The Bertz CT molecular complexity index is 848. The minimum atomic E-state index is 0.318. The minimum Gasteiger partial charge on any atom is -0.493 e. The van der Waals surface area contributed by atoms with Gasteiger partial charge in [0.05, 0.1) is 29.0 Å². The van der Waals surface area contributed by atoms with E-state index >= 15 is 0 Å². The van der Waals surface area contributed by atoms with Gasteiger partial charge in [-0.3, -0.25) is 0 Å². The zero-order chi connectivity index (χ0) is 19.2. The lowest BCUT2D eigenvalue weighted by molar-refractivity contribution is 0.0904. The van der Waals surface area contributed by atoms with Crippen molar-refractivity contribution in [3.63, 3.8) is 0 Å². The molecule has 0 aromatic heterocycles. The predicted octanol–water partition coefficient (Wildman–Crippen LogP) is 4.92. The van der Waals surface area contributed by atoms with Crippen LogP contribution in [0.15, 0.2) is 40.1 Å². The third kappa shape index (κ3) is 4.81. The maximum atomic E-state index is 9.57. The Labute approximate surface area is 177 Å². The molecule has 1 N–H and O–H groups in total. The molecule has 27 heavy (non-hydrogen) atoms. The van der Waals surface area contributed by atoms with Crippen LogP contribution in [0, 0.1) is 14.9 Å². The van der Waals surface area contributed by atoms with Crippen molar-refractivity contribution in [2.45, 2.75) is 28.7 Å². The maximum absolute atomic E-state index is 9.57. The summed E-state index contributed by atoms with van der Waals surface area (Å²) in [5.41, 5.74) is 1.54. The smallest absolute Gasteiger partial charge is 0.174 e. The molecule has 2 aromatic carbocycles. The van der Waals surface area contributed by atoms with Gasteiger partial charge in [0, 0.05) is 29.0 Å². The Kier molecular flexibility index (Phi) is 7.10. The number of para-hydroxylation sites is 1. The van der Waals surface area contributed by atoms with Crippen molar-refractivity contribution in [3.8, 4) is 17.6 Å². The summed E-state index contributed by atoms with van der Waals surface area (Å²) in [4.78, 5) is 2.05. The van der Waals surface area contributed by atoms with Crippen molar-refractivity contribution in [1.82, 2.24) is 0 Å². The van der Waals surface area contributed by atoms with Gasteiger partial charge in [0.25, 0.3) is 0 Å². The van der Waals surface area contributed by atoms with Crippen molar-refractivity contribution in [2.24, 2.45) is 0 Å². The molecular formula is C20H21IN2O3S. The molecule has 1 saturated heterocycles. The molecule has 0 saturated carbocycles. The first-order chi connectivity index (χ1) is 13.2. The number of hydrogen-bond donors (Lipinski definition) is 1. The molecule has 5 nitrogen and oxygen atoms in total. The van der Waals surface area contributed by atoms with Crippen LogP contribution in [0.1, 0.15) is 18.4 Å². The molecule has 1 aliphatic heterocycles. The van der Waals surface area contributed by atoms with Crippen LogP contribution in [0.2, 0.25) is 0 Å². The van der Waals surface area contributed by atoms with Gasteiger partial charge >= 0.3 is 0 Å². The molecule has 142 valence electrons. The Morgan fingerprint density at radius 3 is 2.67 bits per heavy atom. The highest BCUT2D eigenvalue weighted by molar-refractivity contribution is 14.1. The van der Waals surface area contributed by atoms with Crippen LogP contribution in [-0.4, -0.2) is 33.5 Å². The topological polar surface area (TPSA) is 63.5 Å². The van der Waals surface area contributed by atoms with Gasteiger partial charge in [-0.05, 0) is 59.7 Å². The van der Waals surface area contributed by atoms with Crippen LogP contribution >= 0.6 is 34.4 Å². The molecule has 1 heterocycles. The summed E-state index contributed by atoms with van der Waals surface area (Å²) in [7, 11) is 3.27. The first kappa shape index (κ1) is 20.1. The number of hydrogen-bond acceptors (Lipinski definition) is 6. The third-order valence-electron chi connectivity index (χ3n) is 4.35. The minimum absolute atomic E-state index is 0.318. The number of halogens is 1. The molecule has 0 unspecified atom stereocenters. The van der Waals surface area contributed by atoms with E-state index in [0.29, 0.717) is 17.4 Å². The number of ether oxygens (including phenoxy) is 3. The van der Waals surface area contributed by atoms with E-state index in [1.54, 1.807) is 26.0 Å². The predicted molar refractivity (Wildman–Crippen MR) is 115 cm³/mol. The Balaban J connectivity index is 1.93. The lowest BCUT2D eigenvalue weighted by Gasteiger charge is -2.26. The number of benzene rings is 2. The average molecular weight is 496 g/mol. The van der Waals surface area contributed by atoms with E-state index in [1.807, 2.05) is 24.3 Å². The number of rotatable bonds is 6. The second-order valence-corrected chi connectivity index (χ2v) is 8.34. The van der Waals surface area contributed by atoms with Crippen LogP contribution in [0.25, 0.3) is 0 Å². The molecule has 0 amide bonds. The summed E-state index contributed by atoms with van der Waals surface area (Å²) in [6.45, 7) is 1.51. The highest BCUT2D eigenvalue weighted by atomic mass is 127. The molecule has 1 aliphatic rings. The second-order valence-electron chi connectivity index (χ2n) is 6.06. The highest BCUT2D eigenvalue weighted by Crippen LogP contribution is 2.41. The number of methoxy groups -OCH3 is 2. The summed E-state index contributed by atoms with van der Waals surface area (Å²) in [6, 6.07) is 12.5. The van der Waals surface area contributed by atoms with Gasteiger partial charge in [0.1, 0.15) is 6.07 Å². The number of anilines is 1. The lowest BCUT2D eigenvalue weighted by atomic mass is 10.1. The van der Waals surface area contributed by atoms with E-state index in [0.717, 1.165) is 50.9 Å². The van der Waals surface area contributed by atoms with Crippen molar-refractivity contribution in [1.29, 1.82) is 5.26 Å². The van der Waals surface area contributed by atoms with E-state index in [-0.39, 0.29) is 0 Å². The lowest BCUT2D eigenvalue weighted by Crippen LogP contribution is -2.28. The van der Waals surface area contributed by atoms with Gasteiger partial charge in [-0.15, -0.1) is 0 Å². The van der Waals surface area contributed by atoms with Crippen molar-refractivity contribution >= 4 is 40.0 Å². The molecule has 0 spiro atoms. The van der Waals surface area contributed by atoms with Gasteiger partial charge in [0.15, 0.2) is 11.5 Å². The molecule has 0 radical (unpaired) electrons. The second kappa shape index (κ2) is 9.53. The SMILES string of the molecule is COc1cc(Sc2cccc(C#N)c2NC2CCOCC2)cc(I)c1OC. The van der Waals surface area contributed by atoms with E-state index in [4.69, 9.17) is 14.2 Å². The average Bonchev–Trinajstić information content (AvgIpc) is 2.69. The molecule has 3 rings (SSSR count). The molecule has 7 heteroatoms. The summed E-state index contributed by atoms with van der Waals surface area (Å²) in [5, 5.41) is 13.1. The summed E-state index contributed by atoms with van der Waals surface area (Å²) in [5.74, 6) is 1.43. The zero-order valence-electron chi connectivity index (χ0n) is 15.3. The maximum Gasteiger partial charge on any atom is 0.174 e. The molecule has 1 fully saturated rings. The Morgan fingerprint density at radius 2 is 2.00 bits per heavy atom. The fourth-order valence-corrected chi connectivity index (χ4v) is 5.03. The Hall–Kier alpha value is -1.63. The van der Waals surface area contributed by atoms with Crippen molar-refractivity contribution in [2.75, 3.05) is 32.8 Å². The first-order valence-corrected chi connectivity index (χ1v) is 10.5. The van der Waals surface area contributed by atoms with Gasteiger partial charge in [-0.1, -0.05) is 17.8 Å². The monoisotopic (exact) mass is 496 g/mol. The van der Waals surface area contributed by atoms with Crippen molar-refractivity contribution < 1.29 is 14.2 Å². The van der Waals surface area contributed by atoms with Crippen LogP contribution in [0.4, 0.5) is 5.69 Å². The van der Waals surface area contributed by atoms with Crippen LogP contribution in [0.5, 0.6) is 11.5 Å². The van der Waals surface area contributed by atoms with Gasteiger partial charge < -0.3 is 19.5 Å². The molecule has 0 bridgehead atoms. The highest BCUT2D eigenvalue weighted by Gasteiger charge is 2.18. The number of nitriles is 1. The van der Waals surface area contributed by atoms with E-state index < -0.39 is 0 Å². The normalized spacial score (nSPS) is 14.4. The first-order valence-electron chi connectivity index (χ1n) is 8.63. The fraction of sp³-hybridized carbons (Fsp3) is 0.350. The van der Waals surface area contributed by atoms with Crippen LogP contribution in [-0.2, 0) is 4.74 Å². The standard InChI is InChI=1S/C20H21IN2O3S/c1-24-17-11-15(10-16(21)20(17)25-2)27-18-5-3-4-13(12-22)19(18)23-14-6-8-26-9-7-14/h3-5,10-11,14,23H,6-9H2,1-2H3. The summed E-state index contributed by atoms with van der Waals surface area (Å²) in [6.07, 6.45) is 1.89. The molecular weight excluding hydrogens is 475 g/mol. The summed E-state index contributed by atoms with van der Waals surface area (Å²) >= 11 is 3.85. The Morgan fingerprint density at radius 1 is 1.22 bits per heavy atom. The summed E-state index contributed by atoms with van der Waals surface area (Å²) < 4.78 is 17.3. The largest absolute Gasteiger partial charge is 0.493 e. The van der Waals surface area contributed by atoms with E-state index in [9.17, 15) is 5.26 Å². The van der Waals surface area contributed by atoms with E-state index in [2.05, 4.69) is 40.0 Å². The van der Waals surface area contributed by atoms with E-state index in [1.165, 1.54) is 0 Å². The molecule has 0 aliphatic carbocycles. The van der Waals surface area contributed by atoms with Crippen LogP contribution in [0.3, 0.4) is 0 Å². The fourth-order valence-electron chi connectivity index (χ4n) is 2.98. The quantitative estimate of drug-likeness (QED) is 0.573. The number of nitrogens with zero attached hydrogens (tertiary/aromatic N) is 1. The van der Waals surface area contributed by atoms with Gasteiger partial charge in [0.2, 0.25) is 0 Å². The number of nitrogens with one attached hydrogen (secondary N) is 1.